The number of aliphatic hydroxyl groups excluding tert-OH is 1. The van der Waals surface area contributed by atoms with Crippen molar-refractivity contribution in [3.05, 3.63) is 33.8 Å². The molecule has 1 aromatic carbocycles. The Morgan fingerprint density at radius 1 is 1.56 bits per heavy atom. The van der Waals surface area contributed by atoms with Crippen LogP contribution in [0.15, 0.2) is 22.7 Å². The van der Waals surface area contributed by atoms with Crippen LogP contribution < -0.4 is 5.32 Å². The molecule has 0 aliphatic heterocycles. The molecule has 2 N–H and O–H groups in total. The van der Waals surface area contributed by atoms with Crippen LogP contribution in [0.3, 0.4) is 0 Å². The highest BCUT2D eigenvalue weighted by atomic mass is 79.9. The van der Waals surface area contributed by atoms with E-state index >= 15 is 0 Å². The van der Waals surface area contributed by atoms with Gasteiger partial charge in [0.1, 0.15) is 0 Å². The minimum atomic E-state index is -0.0972. The molecule has 18 heavy (non-hydrogen) atoms. The molecule has 0 saturated heterocycles. The number of hydrogen-bond acceptors (Lipinski definition) is 3. The summed E-state index contributed by atoms with van der Waals surface area (Å²) in [7, 11) is 0. The fourth-order valence-electron chi connectivity index (χ4n) is 1.70. The Morgan fingerprint density at radius 3 is 2.72 bits per heavy atom. The van der Waals surface area contributed by atoms with Gasteiger partial charge >= 0.3 is 0 Å². The van der Waals surface area contributed by atoms with E-state index < -0.39 is 0 Å². The molecule has 0 aromatic heterocycles. The highest BCUT2D eigenvalue weighted by molar-refractivity contribution is 9.10. The third-order valence-corrected chi connectivity index (χ3v) is 4.49. The van der Waals surface area contributed by atoms with Gasteiger partial charge in [-0.05, 0) is 43.9 Å². The van der Waals surface area contributed by atoms with Gasteiger partial charge in [0.25, 0.3) is 5.91 Å². The molecule has 2 atom stereocenters. The molecule has 1 aromatic rings. The molecule has 0 aliphatic rings. The summed E-state index contributed by atoms with van der Waals surface area (Å²) < 4.78 is 0.960. The summed E-state index contributed by atoms with van der Waals surface area (Å²) in [5.41, 5.74) is 1.60. The molecular weight excluding hydrogens is 314 g/mol. The van der Waals surface area contributed by atoms with E-state index in [0.29, 0.717) is 5.56 Å². The lowest BCUT2D eigenvalue weighted by Crippen LogP contribution is -2.41. The van der Waals surface area contributed by atoms with Gasteiger partial charge in [-0.1, -0.05) is 15.9 Å². The van der Waals surface area contributed by atoms with Gasteiger partial charge < -0.3 is 10.4 Å². The van der Waals surface area contributed by atoms with E-state index in [4.69, 9.17) is 0 Å². The van der Waals surface area contributed by atoms with Gasteiger partial charge in [-0.25, -0.2) is 0 Å². The van der Waals surface area contributed by atoms with Crippen molar-refractivity contribution in [3.63, 3.8) is 0 Å². The summed E-state index contributed by atoms with van der Waals surface area (Å²) in [6.07, 6.45) is 1.93. The third kappa shape index (κ3) is 4.00. The molecule has 0 spiro atoms. The van der Waals surface area contributed by atoms with Crippen molar-refractivity contribution in [2.75, 3.05) is 12.9 Å². The van der Waals surface area contributed by atoms with Crippen LogP contribution in [0.4, 0.5) is 0 Å². The standard InChI is InChI=1S/C13H18BrNO2S/c1-8-6-10(14)4-5-11(8)13(17)15-9(2)12(7-16)18-3/h4-6,9,12,16H,7H2,1-3H3,(H,15,17). The normalized spacial score (nSPS) is 14.1. The number of benzene rings is 1. The second-order valence-electron chi connectivity index (χ2n) is 4.18. The summed E-state index contributed by atoms with van der Waals surface area (Å²) in [5, 5.41) is 12.1. The summed E-state index contributed by atoms with van der Waals surface area (Å²) in [6, 6.07) is 5.50. The van der Waals surface area contributed by atoms with E-state index in [1.54, 1.807) is 17.8 Å². The van der Waals surface area contributed by atoms with Gasteiger partial charge in [0.15, 0.2) is 0 Å². The molecule has 0 bridgehead atoms. The Bertz CT molecular complexity index is 421. The van der Waals surface area contributed by atoms with Gasteiger partial charge in [-0.2, -0.15) is 11.8 Å². The Hall–Kier alpha value is -0.520. The van der Waals surface area contributed by atoms with Crippen LogP contribution >= 0.6 is 27.7 Å². The molecule has 0 heterocycles. The topological polar surface area (TPSA) is 49.3 Å². The van der Waals surface area contributed by atoms with Crippen LogP contribution in [-0.2, 0) is 0 Å². The van der Waals surface area contributed by atoms with Crippen LogP contribution in [0, 0.1) is 6.92 Å². The number of aryl methyl sites for hydroxylation is 1. The lowest BCUT2D eigenvalue weighted by molar-refractivity contribution is 0.0935. The maximum atomic E-state index is 12.1. The minimum Gasteiger partial charge on any atom is -0.395 e. The number of carbonyl (C=O) groups excluding carboxylic acids is 1. The molecule has 0 aliphatic carbocycles. The summed E-state index contributed by atoms with van der Waals surface area (Å²) >= 11 is 4.92. The quantitative estimate of drug-likeness (QED) is 0.871. The maximum absolute atomic E-state index is 12.1. The SMILES string of the molecule is CSC(CO)C(C)NC(=O)c1ccc(Br)cc1C. The average Bonchev–Trinajstić information content (AvgIpc) is 2.30. The van der Waals surface area contributed by atoms with Gasteiger partial charge in [-0.3, -0.25) is 4.79 Å². The number of aliphatic hydroxyl groups is 1. The van der Waals surface area contributed by atoms with Crippen molar-refractivity contribution in [2.24, 2.45) is 0 Å². The molecule has 100 valence electrons. The highest BCUT2D eigenvalue weighted by Crippen LogP contribution is 2.17. The van der Waals surface area contributed by atoms with Crippen molar-refractivity contribution in [1.29, 1.82) is 0 Å². The molecule has 3 nitrogen and oxygen atoms in total. The Labute approximate surface area is 120 Å². The predicted octanol–water partition coefficient (Wildman–Crippen LogP) is 2.60. The summed E-state index contributed by atoms with van der Waals surface area (Å²) in [4.78, 5) is 12.1. The van der Waals surface area contributed by atoms with Crippen molar-refractivity contribution < 1.29 is 9.90 Å². The number of halogens is 1. The number of hydrogen-bond donors (Lipinski definition) is 2. The van der Waals surface area contributed by atoms with Gasteiger partial charge in [0, 0.05) is 21.3 Å². The molecule has 1 rings (SSSR count). The first kappa shape index (κ1) is 15.5. The first-order valence-corrected chi connectivity index (χ1v) is 7.78. The molecule has 2 unspecified atom stereocenters. The van der Waals surface area contributed by atoms with Crippen molar-refractivity contribution >= 4 is 33.6 Å². The Balaban J connectivity index is 2.76. The molecular formula is C13H18BrNO2S. The number of thioether (sulfide) groups is 1. The zero-order valence-electron chi connectivity index (χ0n) is 10.7. The summed E-state index contributed by atoms with van der Waals surface area (Å²) in [6.45, 7) is 3.87. The van der Waals surface area contributed by atoms with Crippen LogP contribution in [0.1, 0.15) is 22.8 Å². The van der Waals surface area contributed by atoms with E-state index in [1.165, 1.54) is 0 Å². The molecule has 5 heteroatoms. The molecule has 1 amide bonds. The zero-order chi connectivity index (χ0) is 13.7. The van der Waals surface area contributed by atoms with Gasteiger partial charge in [0.05, 0.1) is 6.61 Å². The summed E-state index contributed by atoms with van der Waals surface area (Å²) in [5.74, 6) is -0.0972. The van der Waals surface area contributed by atoms with E-state index in [9.17, 15) is 9.90 Å². The number of rotatable bonds is 5. The largest absolute Gasteiger partial charge is 0.395 e. The second kappa shape index (κ2) is 7.16. The number of amides is 1. The van der Waals surface area contributed by atoms with Crippen molar-refractivity contribution in [3.8, 4) is 0 Å². The highest BCUT2D eigenvalue weighted by Gasteiger charge is 2.18. The van der Waals surface area contributed by atoms with Crippen LogP contribution in [0.2, 0.25) is 0 Å². The van der Waals surface area contributed by atoms with Crippen LogP contribution in [0.5, 0.6) is 0 Å². The van der Waals surface area contributed by atoms with E-state index in [0.717, 1.165) is 10.0 Å². The van der Waals surface area contributed by atoms with Gasteiger partial charge in [0.2, 0.25) is 0 Å². The smallest absolute Gasteiger partial charge is 0.251 e. The van der Waals surface area contributed by atoms with Crippen molar-refractivity contribution in [2.45, 2.75) is 25.1 Å². The van der Waals surface area contributed by atoms with Gasteiger partial charge in [-0.15, -0.1) is 0 Å². The van der Waals surface area contributed by atoms with E-state index in [1.807, 2.05) is 32.2 Å². The maximum Gasteiger partial charge on any atom is 0.251 e. The zero-order valence-corrected chi connectivity index (χ0v) is 13.1. The lowest BCUT2D eigenvalue weighted by atomic mass is 10.1. The fraction of sp³-hybridized carbons (Fsp3) is 0.462. The predicted molar refractivity (Wildman–Crippen MR) is 80.2 cm³/mol. The van der Waals surface area contributed by atoms with Crippen molar-refractivity contribution in [1.82, 2.24) is 5.32 Å². The third-order valence-electron chi connectivity index (χ3n) is 2.83. The average molecular weight is 332 g/mol. The number of nitrogens with one attached hydrogen (secondary N) is 1. The van der Waals surface area contributed by atoms with Crippen LogP contribution in [-0.4, -0.2) is 35.2 Å². The van der Waals surface area contributed by atoms with E-state index in [-0.39, 0.29) is 23.8 Å². The molecule has 0 fully saturated rings. The first-order valence-electron chi connectivity index (χ1n) is 5.70. The van der Waals surface area contributed by atoms with Crippen LogP contribution in [0.25, 0.3) is 0 Å². The number of carbonyl (C=O) groups is 1. The minimum absolute atomic E-state index is 0.0182. The lowest BCUT2D eigenvalue weighted by Gasteiger charge is -2.21. The first-order chi connectivity index (χ1) is 8.49. The monoisotopic (exact) mass is 331 g/mol. The fourth-order valence-corrected chi connectivity index (χ4v) is 2.80. The van der Waals surface area contributed by atoms with E-state index in [2.05, 4.69) is 21.2 Å². The Kier molecular flexibility index (Phi) is 6.18. The Morgan fingerprint density at radius 2 is 2.22 bits per heavy atom. The second-order valence-corrected chi connectivity index (χ2v) is 6.17. The molecule has 0 radical (unpaired) electrons. The molecule has 0 saturated carbocycles.